The molecule has 2 aromatic carbocycles. The van der Waals surface area contributed by atoms with Crippen LogP contribution >= 0.6 is 0 Å². The number of imide groups is 2. The van der Waals surface area contributed by atoms with Crippen LogP contribution in [0.25, 0.3) is 0 Å². The zero-order valence-corrected chi connectivity index (χ0v) is 17.9. The summed E-state index contributed by atoms with van der Waals surface area (Å²) in [4.78, 5) is 54.0. The van der Waals surface area contributed by atoms with Crippen molar-refractivity contribution in [2.75, 3.05) is 36.1 Å². The number of carbonyl (C=O) groups is 4. The Kier molecular flexibility index (Phi) is 5.81. The molecular formula is C23H23N3O6. The molecule has 0 spiro atoms. The van der Waals surface area contributed by atoms with E-state index in [1.165, 1.54) is 17.0 Å². The SMILES string of the molecule is CCOc1ccc(N2C(=O)C(=O)N(CC(=O)N3CCc4ccccc43)C2=O)cc1OCC. The molecule has 0 aromatic heterocycles. The van der Waals surface area contributed by atoms with Crippen molar-refractivity contribution in [2.24, 2.45) is 0 Å². The van der Waals surface area contributed by atoms with E-state index in [1.54, 1.807) is 13.0 Å². The van der Waals surface area contributed by atoms with Crippen LogP contribution in [0.3, 0.4) is 0 Å². The number of ether oxygens (including phenoxy) is 2. The lowest BCUT2D eigenvalue weighted by atomic mass is 10.2. The summed E-state index contributed by atoms with van der Waals surface area (Å²) in [7, 11) is 0. The quantitative estimate of drug-likeness (QED) is 0.487. The summed E-state index contributed by atoms with van der Waals surface area (Å²) in [6.45, 7) is 4.33. The fraction of sp³-hybridized carbons (Fsp3) is 0.304. The monoisotopic (exact) mass is 437 g/mol. The average molecular weight is 437 g/mol. The van der Waals surface area contributed by atoms with Gasteiger partial charge in [0.15, 0.2) is 11.5 Å². The van der Waals surface area contributed by atoms with Crippen LogP contribution in [0.1, 0.15) is 19.4 Å². The van der Waals surface area contributed by atoms with Gasteiger partial charge in [-0.1, -0.05) is 18.2 Å². The summed E-state index contributed by atoms with van der Waals surface area (Å²) in [5.74, 6) is -1.67. The molecule has 1 saturated heterocycles. The summed E-state index contributed by atoms with van der Waals surface area (Å²) >= 11 is 0. The summed E-state index contributed by atoms with van der Waals surface area (Å²) < 4.78 is 11.0. The van der Waals surface area contributed by atoms with Gasteiger partial charge in [0.2, 0.25) is 5.91 Å². The molecule has 2 aliphatic heterocycles. The normalized spacial score (nSPS) is 15.4. The van der Waals surface area contributed by atoms with Crippen molar-refractivity contribution in [1.82, 2.24) is 4.90 Å². The Balaban J connectivity index is 1.56. The molecule has 32 heavy (non-hydrogen) atoms. The second-order valence-electron chi connectivity index (χ2n) is 7.24. The van der Waals surface area contributed by atoms with Crippen molar-refractivity contribution in [1.29, 1.82) is 0 Å². The van der Waals surface area contributed by atoms with Gasteiger partial charge in [0, 0.05) is 18.3 Å². The molecule has 2 heterocycles. The highest BCUT2D eigenvalue weighted by Crippen LogP contribution is 2.34. The fourth-order valence-electron chi connectivity index (χ4n) is 3.87. The van der Waals surface area contributed by atoms with Crippen molar-refractivity contribution >= 4 is 35.1 Å². The van der Waals surface area contributed by atoms with Gasteiger partial charge in [0.05, 0.1) is 18.9 Å². The zero-order valence-electron chi connectivity index (χ0n) is 17.9. The van der Waals surface area contributed by atoms with Crippen LogP contribution in [-0.4, -0.2) is 55.0 Å². The zero-order chi connectivity index (χ0) is 22.8. The molecule has 0 N–H and O–H groups in total. The second-order valence-corrected chi connectivity index (χ2v) is 7.24. The average Bonchev–Trinajstić information content (AvgIpc) is 3.31. The molecule has 166 valence electrons. The first-order valence-corrected chi connectivity index (χ1v) is 10.4. The van der Waals surface area contributed by atoms with E-state index in [4.69, 9.17) is 9.47 Å². The molecule has 0 atom stereocenters. The second kappa shape index (κ2) is 8.70. The molecule has 1 fully saturated rings. The molecule has 0 radical (unpaired) electrons. The van der Waals surface area contributed by atoms with Crippen molar-refractivity contribution in [2.45, 2.75) is 20.3 Å². The van der Waals surface area contributed by atoms with Crippen LogP contribution in [0.5, 0.6) is 11.5 Å². The largest absolute Gasteiger partial charge is 0.490 e. The number of nitrogens with zero attached hydrogens (tertiary/aromatic N) is 3. The maximum Gasteiger partial charge on any atom is 0.339 e. The molecule has 5 amide bonds. The third-order valence-electron chi connectivity index (χ3n) is 5.32. The molecule has 0 aliphatic carbocycles. The minimum absolute atomic E-state index is 0.168. The van der Waals surface area contributed by atoms with Gasteiger partial charge in [0.1, 0.15) is 6.54 Å². The molecule has 2 aromatic rings. The highest BCUT2D eigenvalue weighted by atomic mass is 16.5. The summed E-state index contributed by atoms with van der Waals surface area (Å²) in [5.41, 5.74) is 1.95. The number of para-hydroxylation sites is 1. The van der Waals surface area contributed by atoms with Crippen LogP contribution in [0.15, 0.2) is 42.5 Å². The van der Waals surface area contributed by atoms with E-state index in [0.717, 1.165) is 16.2 Å². The Morgan fingerprint density at radius 2 is 1.66 bits per heavy atom. The number of amides is 5. The minimum atomic E-state index is -1.04. The van der Waals surface area contributed by atoms with Gasteiger partial charge in [-0.15, -0.1) is 0 Å². The molecule has 2 aliphatic rings. The Hall–Kier alpha value is -3.88. The first-order valence-electron chi connectivity index (χ1n) is 10.4. The highest BCUT2D eigenvalue weighted by Gasteiger charge is 2.47. The maximum atomic E-state index is 13.0. The number of hydrogen-bond acceptors (Lipinski definition) is 6. The number of anilines is 2. The summed E-state index contributed by atoms with van der Waals surface area (Å²) in [6.07, 6.45) is 0.696. The van der Waals surface area contributed by atoms with Crippen LogP contribution in [0.2, 0.25) is 0 Å². The van der Waals surface area contributed by atoms with Gasteiger partial charge in [-0.3, -0.25) is 14.4 Å². The van der Waals surface area contributed by atoms with E-state index in [1.807, 2.05) is 31.2 Å². The standard InChI is InChI=1S/C23H23N3O6/c1-3-31-18-10-9-16(13-19(18)32-4-2)26-22(29)21(28)25(23(26)30)14-20(27)24-12-11-15-7-5-6-8-17(15)24/h5-10,13H,3-4,11-12,14H2,1-2H3. The van der Waals surface area contributed by atoms with Crippen LogP contribution in [0.4, 0.5) is 16.2 Å². The van der Waals surface area contributed by atoms with E-state index in [-0.39, 0.29) is 5.69 Å². The predicted molar refractivity (Wildman–Crippen MR) is 116 cm³/mol. The fourth-order valence-corrected chi connectivity index (χ4v) is 3.87. The van der Waals surface area contributed by atoms with Crippen LogP contribution in [-0.2, 0) is 20.8 Å². The smallest absolute Gasteiger partial charge is 0.339 e. The summed E-state index contributed by atoms with van der Waals surface area (Å²) in [5, 5.41) is 0. The predicted octanol–water partition coefficient (Wildman–Crippen LogP) is 2.37. The van der Waals surface area contributed by atoms with Crippen molar-refractivity contribution in [3.8, 4) is 11.5 Å². The number of carbonyl (C=O) groups excluding carboxylic acids is 4. The van der Waals surface area contributed by atoms with Gasteiger partial charge in [-0.2, -0.15) is 0 Å². The first kappa shape index (κ1) is 21.4. The van der Waals surface area contributed by atoms with E-state index in [2.05, 4.69) is 0 Å². The number of benzene rings is 2. The molecule has 0 unspecified atom stereocenters. The number of urea groups is 1. The Morgan fingerprint density at radius 3 is 2.41 bits per heavy atom. The third kappa shape index (κ3) is 3.66. The molecule has 4 rings (SSSR count). The minimum Gasteiger partial charge on any atom is -0.490 e. The lowest BCUT2D eigenvalue weighted by Gasteiger charge is -2.21. The van der Waals surface area contributed by atoms with Crippen molar-refractivity contribution < 1.29 is 28.7 Å². The van der Waals surface area contributed by atoms with Gasteiger partial charge >= 0.3 is 17.8 Å². The topological polar surface area (TPSA) is 96.5 Å². The molecule has 0 saturated carbocycles. The lowest BCUT2D eigenvalue weighted by Crippen LogP contribution is -2.43. The summed E-state index contributed by atoms with van der Waals surface area (Å²) in [6, 6.07) is 11.1. The van der Waals surface area contributed by atoms with Crippen LogP contribution < -0.4 is 19.3 Å². The molecule has 9 heteroatoms. The van der Waals surface area contributed by atoms with Crippen molar-refractivity contribution in [3.05, 3.63) is 48.0 Å². The third-order valence-corrected chi connectivity index (χ3v) is 5.32. The number of fused-ring (bicyclic) bond motifs is 1. The van der Waals surface area contributed by atoms with Gasteiger partial charge in [-0.25, -0.2) is 14.6 Å². The van der Waals surface area contributed by atoms with E-state index in [0.29, 0.717) is 42.6 Å². The molecular weight excluding hydrogens is 414 g/mol. The van der Waals surface area contributed by atoms with E-state index >= 15 is 0 Å². The van der Waals surface area contributed by atoms with E-state index in [9.17, 15) is 19.2 Å². The highest BCUT2D eigenvalue weighted by molar-refractivity contribution is 6.53. The first-order chi connectivity index (χ1) is 15.5. The van der Waals surface area contributed by atoms with Crippen LogP contribution in [0, 0.1) is 0 Å². The van der Waals surface area contributed by atoms with Crippen molar-refractivity contribution in [3.63, 3.8) is 0 Å². The van der Waals surface area contributed by atoms with Gasteiger partial charge < -0.3 is 14.4 Å². The maximum absolute atomic E-state index is 13.0. The number of hydrogen-bond donors (Lipinski definition) is 0. The Bertz CT molecular complexity index is 1100. The Labute approximate surface area is 185 Å². The van der Waals surface area contributed by atoms with Gasteiger partial charge in [-0.05, 0) is 44.0 Å². The van der Waals surface area contributed by atoms with E-state index < -0.39 is 30.3 Å². The number of rotatable bonds is 7. The lowest BCUT2D eigenvalue weighted by molar-refractivity contribution is -0.140. The van der Waals surface area contributed by atoms with Gasteiger partial charge in [0.25, 0.3) is 0 Å². The Morgan fingerprint density at radius 1 is 0.938 bits per heavy atom. The molecule has 0 bridgehead atoms. The molecule has 9 nitrogen and oxygen atoms in total.